The van der Waals surface area contributed by atoms with Crippen molar-refractivity contribution in [2.75, 3.05) is 5.32 Å². The third-order valence-electron chi connectivity index (χ3n) is 3.29. The molecule has 1 aliphatic rings. The molecule has 0 aliphatic heterocycles. The van der Waals surface area contributed by atoms with Gasteiger partial charge in [0.25, 0.3) is 0 Å². The Hall–Kier alpha value is -0.640. The lowest BCUT2D eigenvalue weighted by Crippen LogP contribution is -2.25. The molecular formula is C12H21N3S. The van der Waals surface area contributed by atoms with Crippen molar-refractivity contribution in [1.29, 1.82) is 0 Å². The maximum Gasteiger partial charge on any atom is 0.202 e. The molecular weight excluding hydrogens is 218 g/mol. The third-order valence-corrected chi connectivity index (χ3v) is 3.97. The van der Waals surface area contributed by atoms with E-state index < -0.39 is 0 Å². The molecule has 90 valence electrons. The summed E-state index contributed by atoms with van der Waals surface area (Å²) in [4.78, 5) is 4.51. The minimum absolute atomic E-state index is 0.624. The fraction of sp³-hybridized carbons (Fsp3) is 0.833. The zero-order valence-corrected chi connectivity index (χ0v) is 11.0. The monoisotopic (exact) mass is 239 g/mol. The van der Waals surface area contributed by atoms with Gasteiger partial charge in [0.1, 0.15) is 5.82 Å². The van der Waals surface area contributed by atoms with Gasteiger partial charge < -0.3 is 5.32 Å². The Morgan fingerprint density at radius 3 is 2.75 bits per heavy atom. The van der Waals surface area contributed by atoms with Gasteiger partial charge in [-0.15, -0.1) is 0 Å². The molecule has 0 unspecified atom stereocenters. The van der Waals surface area contributed by atoms with Gasteiger partial charge in [0, 0.05) is 24.0 Å². The van der Waals surface area contributed by atoms with E-state index in [1.54, 1.807) is 0 Å². The van der Waals surface area contributed by atoms with Gasteiger partial charge in [-0.25, -0.2) is 4.98 Å². The normalized spacial score (nSPS) is 25.6. The molecule has 0 radical (unpaired) electrons. The molecule has 3 nitrogen and oxygen atoms in total. The highest BCUT2D eigenvalue weighted by Crippen LogP contribution is 2.26. The predicted octanol–water partition coefficient (Wildman–Crippen LogP) is 3.48. The first-order chi connectivity index (χ1) is 7.78. The minimum Gasteiger partial charge on any atom is -0.358 e. The molecule has 4 heteroatoms. The second-order valence-electron chi connectivity index (χ2n) is 4.87. The van der Waals surface area contributed by atoms with E-state index in [4.69, 9.17) is 0 Å². The van der Waals surface area contributed by atoms with Crippen LogP contribution in [0.5, 0.6) is 0 Å². The SMILES string of the molecule is CCCc1nsc(NC2CCC(C)CC2)n1. The van der Waals surface area contributed by atoms with Crippen LogP contribution in [0.15, 0.2) is 0 Å². The molecule has 1 fully saturated rings. The number of aromatic nitrogens is 2. The number of anilines is 1. The molecule has 2 rings (SSSR count). The number of hydrogen-bond acceptors (Lipinski definition) is 4. The molecule has 16 heavy (non-hydrogen) atoms. The van der Waals surface area contributed by atoms with E-state index in [0.29, 0.717) is 6.04 Å². The summed E-state index contributed by atoms with van der Waals surface area (Å²) < 4.78 is 4.35. The molecule has 0 bridgehead atoms. The topological polar surface area (TPSA) is 37.8 Å². The van der Waals surface area contributed by atoms with Gasteiger partial charge in [-0.1, -0.05) is 13.8 Å². The van der Waals surface area contributed by atoms with Crippen molar-refractivity contribution in [3.63, 3.8) is 0 Å². The van der Waals surface area contributed by atoms with E-state index in [2.05, 4.69) is 28.5 Å². The van der Waals surface area contributed by atoms with Crippen LogP contribution in [0.2, 0.25) is 0 Å². The quantitative estimate of drug-likeness (QED) is 0.874. The fourth-order valence-corrected chi connectivity index (χ4v) is 2.91. The van der Waals surface area contributed by atoms with E-state index in [1.807, 2.05) is 0 Å². The van der Waals surface area contributed by atoms with Crippen LogP contribution in [0.25, 0.3) is 0 Å². The average Bonchev–Trinajstić information content (AvgIpc) is 2.70. The molecule has 1 aromatic heterocycles. The maximum absolute atomic E-state index is 4.51. The minimum atomic E-state index is 0.624. The van der Waals surface area contributed by atoms with Gasteiger partial charge in [-0.3, -0.25) is 0 Å². The van der Waals surface area contributed by atoms with Gasteiger partial charge in [-0.2, -0.15) is 4.37 Å². The van der Waals surface area contributed by atoms with Gasteiger partial charge in [0.2, 0.25) is 5.13 Å². The molecule has 1 N–H and O–H groups in total. The lowest BCUT2D eigenvalue weighted by molar-refractivity contribution is 0.361. The van der Waals surface area contributed by atoms with E-state index in [0.717, 1.165) is 29.7 Å². The average molecular weight is 239 g/mol. The smallest absolute Gasteiger partial charge is 0.202 e. The first-order valence-corrected chi connectivity index (χ1v) is 7.14. The van der Waals surface area contributed by atoms with Crippen LogP contribution in [0.1, 0.15) is 51.8 Å². The molecule has 1 heterocycles. The predicted molar refractivity (Wildman–Crippen MR) is 68.9 cm³/mol. The number of nitrogens with one attached hydrogen (secondary N) is 1. The fourth-order valence-electron chi connectivity index (χ4n) is 2.22. The highest BCUT2D eigenvalue weighted by atomic mass is 32.1. The Kier molecular flexibility index (Phi) is 4.16. The number of rotatable bonds is 4. The van der Waals surface area contributed by atoms with Crippen LogP contribution in [-0.4, -0.2) is 15.4 Å². The van der Waals surface area contributed by atoms with Crippen molar-refractivity contribution in [2.24, 2.45) is 5.92 Å². The maximum atomic E-state index is 4.51. The Balaban J connectivity index is 1.83. The van der Waals surface area contributed by atoms with E-state index in [-0.39, 0.29) is 0 Å². The summed E-state index contributed by atoms with van der Waals surface area (Å²) in [5, 5.41) is 4.54. The van der Waals surface area contributed by atoms with Crippen LogP contribution in [0.3, 0.4) is 0 Å². The summed E-state index contributed by atoms with van der Waals surface area (Å²) in [6.07, 6.45) is 7.38. The molecule has 0 saturated heterocycles. The van der Waals surface area contributed by atoms with Crippen molar-refractivity contribution in [1.82, 2.24) is 9.36 Å². The standard InChI is InChI=1S/C12H21N3S/c1-3-4-11-14-12(16-15-11)13-10-7-5-9(2)6-8-10/h9-10H,3-8H2,1-2H3,(H,13,14,15). The summed E-state index contributed by atoms with van der Waals surface area (Å²) in [6, 6.07) is 0.624. The zero-order valence-electron chi connectivity index (χ0n) is 10.2. The third kappa shape index (κ3) is 3.17. The van der Waals surface area contributed by atoms with Crippen molar-refractivity contribution in [3.8, 4) is 0 Å². The van der Waals surface area contributed by atoms with Crippen LogP contribution < -0.4 is 5.32 Å². The largest absolute Gasteiger partial charge is 0.358 e. The first-order valence-electron chi connectivity index (χ1n) is 6.37. The molecule has 0 atom stereocenters. The highest BCUT2D eigenvalue weighted by molar-refractivity contribution is 7.09. The number of aryl methyl sites for hydroxylation is 1. The Labute approximate surface area is 102 Å². The zero-order chi connectivity index (χ0) is 11.4. The van der Waals surface area contributed by atoms with E-state index in [1.165, 1.54) is 37.2 Å². The van der Waals surface area contributed by atoms with Crippen LogP contribution in [0.4, 0.5) is 5.13 Å². The van der Waals surface area contributed by atoms with E-state index >= 15 is 0 Å². The Morgan fingerprint density at radius 1 is 1.31 bits per heavy atom. The summed E-state index contributed by atoms with van der Waals surface area (Å²) >= 11 is 1.51. The van der Waals surface area contributed by atoms with Crippen LogP contribution >= 0.6 is 11.5 Å². The van der Waals surface area contributed by atoms with Crippen molar-refractivity contribution < 1.29 is 0 Å². The second-order valence-corrected chi connectivity index (χ2v) is 5.62. The van der Waals surface area contributed by atoms with Crippen LogP contribution in [0, 0.1) is 5.92 Å². The molecule has 1 saturated carbocycles. The van der Waals surface area contributed by atoms with Gasteiger partial charge in [-0.05, 0) is 38.0 Å². The molecule has 1 aliphatic carbocycles. The van der Waals surface area contributed by atoms with E-state index in [9.17, 15) is 0 Å². The van der Waals surface area contributed by atoms with Crippen molar-refractivity contribution in [3.05, 3.63) is 5.82 Å². The Bertz CT molecular complexity index is 316. The second kappa shape index (κ2) is 5.62. The van der Waals surface area contributed by atoms with Gasteiger partial charge in [0.05, 0.1) is 0 Å². The van der Waals surface area contributed by atoms with Crippen molar-refractivity contribution >= 4 is 16.7 Å². The lowest BCUT2D eigenvalue weighted by atomic mass is 9.87. The first kappa shape index (κ1) is 11.8. The number of hydrogen-bond donors (Lipinski definition) is 1. The Morgan fingerprint density at radius 2 is 2.06 bits per heavy atom. The molecule has 0 aromatic carbocycles. The van der Waals surface area contributed by atoms with Gasteiger partial charge >= 0.3 is 0 Å². The highest BCUT2D eigenvalue weighted by Gasteiger charge is 2.18. The summed E-state index contributed by atoms with van der Waals surface area (Å²) in [7, 11) is 0. The summed E-state index contributed by atoms with van der Waals surface area (Å²) in [6.45, 7) is 4.51. The molecule has 1 aromatic rings. The summed E-state index contributed by atoms with van der Waals surface area (Å²) in [5.74, 6) is 1.90. The lowest BCUT2D eigenvalue weighted by Gasteiger charge is -2.26. The van der Waals surface area contributed by atoms with Crippen LogP contribution in [-0.2, 0) is 6.42 Å². The molecule has 0 amide bonds. The number of nitrogens with zero attached hydrogens (tertiary/aromatic N) is 2. The van der Waals surface area contributed by atoms with Crippen molar-refractivity contribution in [2.45, 2.75) is 58.4 Å². The van der Waals surface area contributed by atoms with Gasteiger partial charge in [0.15, 0.2) is 0 Å². The summed E-state index contributed by atoms with van der Waals surface area (Å²) in [5.41, 5.74) is 0. The molecule has 0 spiro atoms.